The second-order valence-electron chi connectivity index (χ2n) is 7.30. The number of hydrogen-bond donors (Lipinski definition) is 1. The number of nitrogens with zero attached hydrogens (tertiary/aromatic N) is 3. The Kier molecular flexibility index (Phi) is 4.84. The van der Waals surface area contributed by atoms with E-state index in [1.807, 2.05) is 80.6 Å². The number of nitrogens with one attached hydrogen (secondary N) is 1. The number of thiazole rings is 1. The summed E-state index contributed by atoms with van der Waals surface area (Å²) < 4.78 is 2.55. The van der Waals surface area contributed by atoms with Crippen LogP contribution in [0.1, 0.15) is 18.2 Å². The van der Waals surface area contributed by atoms with Gasteiger partial charge in [-0.2, -0.15) is 4.68 Å². The molecule has 0 spiro atoms. The Morgan fingerprint density at radius 2 is 1.68 bits per heavy atom. The topological polar surface area (TPSA) is 63.0 Å². The SMILES string of the molecule is CC(=Nc1ccccc1-c1ccccc1)c1c(C)[nH]n(-c2nc3ccccc3s2)c1=O. The first-order valence-corrected chi connectivity index (χ1v) is 10.8. The van der Waals surface area contributed by atoms with Gasteiger partial charge in [-0.15, -0.1) is 0 Å². The average molecular weight is 425 g/mol. The molecule has 6 heteroatoms. The third-order valence-corrected chi connectivity index (χ3v) is 6.21. The average Bonchev–Trinajstić information content (AvgIpc) is 3.35. The smallest absolute Gasteiger partial charge is 0.282 e. The predicted molar refractivity (Wildman–Crippen MR) is 128 cm³/mol. The van der Waals surface area contributed by atoms with Crippen LogP contribution < -0.4 is 5.56 Å². The molecule has 0 unspecified atom stereocenters. The summed E-state index contributed by atoms with van der Waals surface area (Å²) >= 11 is 1.48. The number of para-hydroxylation sites is 2. The lowest BCUT2D eigenvalue weighted by atomic mass is 10.0. The lowest BCUT2D eigenvalue weighted by Gasteiger charge is -2.07. The molecular weight excluding hydrogens is 404 g/mol. The summed E-state index contributed by atoms with van der Waals surface area (Å²) in [5.41, 5.74) is 5.69. The summed E-state index contributed by atoms with van der Waals surface area (Å²) in [5.74, 6) is 0. The molecule has 0 aliphatic carbocycles. The highest BCUT2D eigenvalue weighted by molar-refractivity contribution is 7.20. The van der Waals surface area contributed by atoms with Crippen LogP contribution in [0.2, 0.25) is 0 Å². The molecule has 3 aromatic carbocycles. The summed E-state index contributed by atoms with van der Waals surface area (Å²) in [6.07, 6.45) is 0. The molecule has 2 aromatic heterocycles. The van der Waals surface area contributed by atoms with Crippen molar-refractivity contribution in [3.05, 3.63) is 100 Å². The summed E-state index contributed by atoms with van der Waals surface area (Å²) in [6.45, 7) is 3.77. The highest BCUT2D eigenvalue weighted by Gasteiger charge is 2.18. The molecule has 0 saturated carbocycles. The molecule has 0 saturated heterocycles. The van der Waals surface area contributed by atoms with Crippen molar-refractivity contribution in [2.75, 3.05) is 0 Å². The number of aromatic nitrogens is 3. The van der Waals surface area contributed by atoms with Crippen molar-refractivity contribution < 1.29 is 0 Å². The maximum Gasteiger partial charge on any atom is 0.282 e. The zero-order valence-corrected chi connectivity index (χ0v) is 18.0. The van der Waals surface area contributed by atoms with Crippen LogP contribution in [0.4, 0.5) is 5.69 Å². The number of aliphatic imine (C=N–C) groups is 1. The van der Waals surface area contributed by atoms with E-state index >= 15 is 0 Å². The fourth-order valence-electron chi connectivity index (χ4n) is 3.73. The molecule has 0 amide bonds. The third kappa shape index (κ3) is 3.51. The van der Waals surface area contributed by atoms with Gasteiger partial charge in [-0.3, -0.25) is 14.9 Å². The molecule has 0 fully saturated rings. The van der Waals surface area contributed by atoms with Crippen molar-refractivity contribution in [3.63, 3.8) is 0 Å². The van der Waals surface area contributed by atoms with Gasteiger partial charge >= 0.3 is 0 Å². The van der Waals surface area contributed by atoms with Crippen LogP contribution in [-0.2, 0) is 0 Å². The van der Waals surface area contributed by atoms with Crippen LogP contribution in [-0.4, -0.2) is 20.5 Å². The van der Waals surface area contributed by atoms with Gasteiger partial charge in [-0.25, -0.2) is 4.98 Å². The van der Waals surface area contributed by atoms with E-state index in [2.05, 4.69) is 22.2 Å². The quantitative estimate of drug-likeness (QED) is 0.366. The Hall–Kier alpha value is -3.77. The van der Waals surface area contributed by atoms with Crippen molar-refractivity contribution in [2.45, 2.75) is 13.8 Å². The number of H-pyrrole nitrogens is 1. The molecule has 0 atom stereocenters. The predicted octanol–water partition coefficient (Wildman–Crippen LogP) is 5.89. The summed E-state index contributed by atoms with van der Waals surface area (Å²) in [5, 5.41) is 3.80. The van der Waals surface area contributed by atoms with Crippen molar-refractivity contribution in [3.8, 4) is 16.3 Å². The zero-order chi connectivity index (χ0) is 21.4. The Morgan fingerprint density at radius 3 is 2.48 bits per heavy atom. The molecular formula is C25H20N4OS. The van der Waals surface area contributed by atoms with Gasteiger partial charge in [0.15, 0.2) is 0 Å². The normalized spacial score (nSPS) is 11.9. The van der Waals surface area contributed by atoms with Crippen molar-refractivity contribution in [2.24, 2.45) is 4.99 Å². The van der Waals surface area contributed by atoms with Gasteiger partial charge in [0.25, 0.3) is 5.56 Å². The largest absolute Gasteiger partial charge is 0.293 e. The second-order valence-corrected chi connectivity index (χ2v) is 8.31. The highest BCUT2D eigenvalue weighted by atomic mass is 32.1. The van der Waals surface area contributed by atoms with Crippen LogP contribution in [0.25, 0.3) is 26.5 Å². The molecule has 5 nitrogen and oxygen atoms in total. The van der Waals surface area contributed by atoms with E-state index in [4.69, 9.17) is 4.99 Å². The van der Waals surface area contributed by atoms with E-state index in [1.54, 1.807) is 0 Å². The van der Waals surface area contributed by atoms with E-state index in [0.717, 1.165) is 32.7 Å². The van der Waals surface area contributed by atoms with Crippen LogP contribution in [0, 0.1) is 6.92 Å². The minimum Gasteiger partial charge on any atom is -0.293 e. The van der Waals surface area contributed by atoms with Gasteiger partial charge in [0.2, 0.25) is 5.13 Å². The molecule has 5 aromatic rings. The molecule has 0 aliphatic rings. The van der Waals surface area contributed by atoms with Gasteiger partial charge in [0.1, 0.15) is 0 Å². The van der Waals surface area contributed by atoms with Gasteiger partial charge < -0.3 is 0 Å². The van der Waals surface area contributed by atoms with Gasteiger partial charge in [-0.05, 0) is 37.6 Å². The van der Waals surface area contributed by atoms with Crippen molar-refractivity contribution >= 4 is 33.0 Å². The molecule has 0 radical (unpaired) electrons. The molecule has 0 aliphatic heterocycles. The second kappa shape index (κ2) is 7.81. The number of aryl methyl sites for hydroxylation is 1. The van der Waals surface area contributed by atoms with E-state index in [0.29, 0.717) is 16.4 Å². The lowest BCUT2D eigenvalue weighted by Crippen LogP contribution is -2.19. The Labute approximate surface area is 183 Å². The van der Waals surface area contributed by atoms with Crippen LogP contribution in [0.5, 0.6) is 0 Å². The fraction of sp³-hybridized carbons (Fsp3) is 0.0800. The van der Waals surface area contributed by atoms with Gasteiger partial charge in [-0.1, -0.05) is 72.0 Å². The van der Waals surface area contributed by atoms with Crippen LogP contribution >= 0.6 is 11.3 Å². The van der Waals surface area contributed by atoms with Crippen molar-refractivity contribution in [1.82, 2.24) is 14.8 Å². The van der Waals surface area contributed by atoms with Crippen molar-refractivity contribution in [1.29, 1.82) is 0 Å². The number of fused-ring (bicyclic) bond motifs is 1. The van der Waals surface area contributed by atoms with E-state index in [1.165, 1.54) is 16.0 Å². The minimum atomic E-state index is -0.144. The summed E-state index contributed by atoms with van der Waals surface area (Å²) in [7, 11) is 0. The maximum absolute atomic E-state index is 13.3. The summed E-state index contributed by atoms with van der Waals surface area (Å²) in [6, 6.07) is 26.0. The lowest BCUT2D eigenvalue weighted by molar-refractivity contribution is 0.829. The molecule has 31 heavy (non-hydrogen) atoms. The van der Waals surface area contributed by atoms with E-state index in [-0.39, 0.29) is 5.56 Å². The monoisotopic (exact) mass is 424 g/mol. The van der Waals surface area contributed by atoms with E-state index < -0.39 is 0 Å². The molecule has 0 bridgehead atoms. The Bertz CT molecular complexity index is 1440. The Morgan fingerprint density at radius 1 is 0.968 bits per heavy atom. The van der Waals surface area contributed by atoms with E-state index in [9.17, 15) is 4.79 Å². The zero-order valence-electron chi connectivity index (χ0n) is 17.2. The first-order chi connectivity index (χ1) is 15.1. The number of hydrogen-bond acceptors (Lipinski definition) is 4. The third-order valence-electron chi connectivity index (χ3n) is 5.18. The molecule has 2 heterocycles. The number of rotatable bonds is 4. The first-order valence-electron chi connectivity index (χ1n) is 9.99. The number of aromatic amines is 1. The fourth-order valence-corrected chi connectivity index (χ4v) is 4.66. The summed E-state index contributed by atoms with van der Waals surface area (Å²) in [4.78, 5) is 22.7. The highest BCUT2D eigenvalue weighted by Crippen LogP contribution is 2.30. The molecule has 5 rings (SSSR count). The first kappa shape index (κ1) is 19.2. The minimum absolute atomic E-state index is 0.144. The molecule has 1 N–H and O–H groups in total. The van der Waals surface area contributed by atoms with Crippen LogP contribution in [0.3, 0.4) is 0 Å². The standard InChI is InChI=1S/C25H20N4OS/c1-16(26-20-13-7-6-12-19(20)18-10-4-3-5-11-18)23-17(2)28-29(24(23)30)25-27-21-14-8-9-15-22(21)31-25/h3-15,28H,1-2H3. The maximum atomic E-state index is 13.3. The molecule has 152 valence electrons. The van der Waals surface area contributed by atoms with Gasteiger partial charge in [0.05, 0.1) is 27.2 Å². The van der Waals surface area contributed by atoms with Gasteiger partial charge in [0, 0.05) is 11.3 Å². The number of benzene rings is 3. The Balaban J connectivity index is 1.59. The van der Waals surface area contributed by atoms with Crippen LogP contribution in [0.15, 0.2) is 88.6 Å².